The molecule has 0 unspecified atom stereocenters. The van der Waals surface area contributed by atoms with Crippen molar-refractivity contribution in [2.45, 2.75) is 44.7 Å². The van der Waals surface area contributed by atoms with Crippen molar-refractivity contribution in [3.8, 4) is 5.69 Å². The first kappa shape index (κ1) is 15.3. The minimum absolute atomic E-state index is 0.230. The van der Waals surface area contributed by atoms with Gasteiger partial charge in [-0.05, 0) is 25.0 Å². The molecular weight excluding hydrogens is 294 g/mol. The molecule has 1 saturated carbocycles. The summed E-state index contributed by atoms with van der Waals surface area (Å²) >= 11 is 1.48. The SMILES string of the molecule is CC(C)(C)C(=O)CSc1nnc(C2CC2)n1-c1ccccc1. The molecule has 116 valence electrons. The lowest BCUT2D eigenvalue weighted by molar-refractivity contribution is -0.123. The maximum atomic E-state index is 12.2. The van der Waals surface area contributed by atoms with Crippen LogP contribution in [0.25, 0.3) is 5.69 Å². The van der Waals surface area contributed by atoms with Crippen LogP contribution in [0.4, 0.5) is 0 Å². The average molecular weight is 315 g/mol. The molecule has 1 aromatic carbocycles. The van der Waals surface area contributed by atoms with E-state index >= 15 is 0 Å². The van der Waals surface area contributed by atoms with Gasteiger partial charge in [0.15, 0.2) is 5.16 Å². The Balaban J connectivity index is 1.87. The molecule has 0 atom stereocenters. The summed E-state index contributed by atoms with van der Waals surface area (Å²) in [6.45, 7) is 5.86. The molecule has 0 N–H and O–H groups in total. The topological polar surface area (TPSA) is 47.8 Å². The summed E-state index contributed by atoms with van der Waals surface area (Å²) in [5.41, 5.74) is 0.754. The van der Waals surface area contributed by atoms with Crippen LogP contribution in [-0.2, 0) is 4.79 Å². The highest BCUT2D eigenvalue weighted by Gasteiger charge is 2.31. The maximum absolute atomic E-state index is 12.2. The number of rotatable bonds is 5. The van der Waals surface area contributed by atoms with Gasteiger partial charge in [-0.2, -0.15) is 0 Å². The van der Waals surface area contributed by atoms with Crippen molar-refractivity contribution < 1.29 is 4.79 Å². The monoisotopic (exact) mass is 315 g/mol. The van der Waals surface area contributed by atoms with Crippen LogP contribution >= 0.6 is 11.8 Å². The van der Waals surface area contributed by atoms with Gasteiger partial charge in [0.2, 0.25) is 0 Å². The molecule has 0 amide bonds. The molecule has 1 aliphatic rings. The number of hydrogen-bond acceptors (Lipinski definition) is 4. The number of hydrogen-bond donors (Lipinski definition) is 0. The van der Waals surface area contributed by atoms with Crippen LogP contribution in [0, 0.1) is 5.41 Å². The third kappa shape index (κ3) is 3.24. The fraction of sp³-hybridized carbons (Fsp3) is 0.471. The molecule has 4 nitrogen and oxygen atoms in total. The average Bonchev–Trinajstić information content (AvgIpc) is 3.24. The first-order valence-electron chi connectivity index (χ1n) is 7.63. The Morgan fingerprint density at radius 3 is 2.50 bits per heavy atom. The number of thioether (sulfide) groups is 1. The van der Waals surface area contributed by atoms with Crippen LogP contribution in [0.3, 0.4) is 0 Å². The minimum Gasteiger partial charge on any atom is -0.298 e. The molecule has 5 heteroatoms. The maximum Gasteiger partial charge on any atom is 0.196 e. The number of carbonyl (C=O) groups excluding carboxylic acids is 1. The van der Waals surface area contributed by atoms with Crippen molar-refractivity contribution in [1.82, 2.24) is 14.8 Å². The van der Waals surface area contributed by atoms with E-state index in [1.807, 2.05) is 39.0 Å². The normalized spacial score (nSPS) is 15.0. The van der Waals surface area contributed by atoms with Gasteiger partial charge < -0.3 is 0 Å². The van der Waals surface area contributed by atoms with Crippen LogP contribution in [0.5, 0.6) is 0 Å². The van der Waals surface area contributed by atoms with Crippen LogP contribution in [0.15, 0.2) is 35.5 Å². The van der Waals surface area contributed by atoms with Gasteiger partial charge in [-0.15, -0.1) is 10.2 Å². The molecule has 1 heterocycles. The van der Waals surface area contributed by atoms with Crippen LogP contribution in [-0.4, -0.2) is 26.3 Å². The highest BCUT2D eigenvalue weighted by molar-refractivity contribution is 7.99. The number of benzene rings is 1. The number of aromatic nitrogens is 3. The molecule has 1 aromatic heterocycles. The Morgan fingerprint density at radius 2 is 1.91 bits per heavy atom. The van der Waals surface area contributed by atoms with Gasteiger partial charge in [-0.25, -0.2) is 0 Å². The molecule has 22 heavy (non-hydrogen) atoms. The van der Waals surface area contributed by atoms with Gasteiger partial charge in [0.05, 0.1) is 5.75 Å². The number of ketones is 1. The zero-order valence-corrected chi connectivity index (χ0v) is 14.1. The van der Waals surface area contributed by atoms with Crippen molar-refractivity contribution in [2.24, 2.45) is 5.41 Å². The highest BCUT2D eigenvalue weighted by Crippen LogP contribution is 2.41. The lowest BCUT2D eigenvalue weighted by Crippen LogP contribution is -2.22. The highest BCUT2D eigenvalue weighted by atomic mass is 32.2. The molecular formula is C17H21N3OS. The molecule has 0 bridgehead atoms. The van der Waals surface area contributed by atoms with Crippen molar-refractivity contribution in [3.63, 3.8) is 0 Å². The quantitative estimate of drug-likeness (QED) is 0.786. The van der Waals surface area contributed by atoms with E-state index in [0.29, 0.717) is 11.7 Å². The molecule has 0 spiro atoms. The number of nitrogens with zero attached hydrogens (tertiary/aromatic N) is 3. The van der Waals surface area contributed by atoms with E-state index < -0.39 is 0 Å². The van der Waals surface area contributed by atoms with E-state index in [2.05, 4.69) is 26.9 Å². The minimum atomic E-state index is -0.316. The number of Topliss-reactive ketones (excluding diaryl/α,β-unsaturated/α-hetero) is 1. The van der Waals surface area contributed by atoms with E-state index in [1.54, 1.807) is 0 Å². The summed E-state index contributed by atoms with van der Waals surface area (Å²) in [7, 11) is 0. The Labute approximate surface area is 135 Å². The lowest BCUT2D eigenvalue weighted by Gasteiger charge is -2.16. The predicted octanol–water partition coefficient (Wildman–Crippen LogP) is 3.85. The fourth-order valence-corrected chi connectivity index (χ4v) is 3.27. The molecule has 0 aliphatic heterocycles. The third-order valence-electron chi connectivity index (χ3n) is 3.78. The van der Waals surface area contributed by atoms with Gasteiger partial charge in [0.25, 0.3) is 0 Å². The van der Waals surface area contributed by atoms with Gasteiger partial charge in [0, 0.05) is 17.0 Å². The zero-order chi connectivity index (χ0) is 15.7. The molecule has 0 radical (unpaired) electrons. The lowest BCUT2D eigenvalue weighted by atomic mass is 9.92. The standard InChI is InChI=1S/C17H21N3OS/c1-17(2,3)14(21)11-22-16-19-18-15(12-9-10-12)20(16)13-7-5-4-6-8-13/h4-8,12H,9-11H2,1-3H3. The third-order valence-corrected chi connectivity index (χ3v) is 4.71. The fourth-order valence-electron chi connectivity index (χ4n) is 2.15. The van der Waals surface area contributed by atoms with Gasteiger partial charge in [-0.3, -0.25) is 9.36 Å². The van der Waals surface area contributed by atoms with Crippen molar-refractivity contribution in [3.05, 3.63) is 36.2 Å². The van der Waals surface area contributed by atoms with E-state index in [9.17, 15) is 4.79 Å². The van der Waals surface area contributed by atoms with Crippen molar-refractivity contribution in [2.75, 3.05) is 5.75 Å². The van der Waals surface area contributed by atoms with E-state index in [-0.39, 0.29) is 11.2 Å². The Hall–Kier alpha value is -1.62. The first-order valence-corrected chi connectivity index (χ1v) is 8.62. The van der Waals surface area contributed by atoms with Gasteiger partial charge >= 0.3 is 0 Å². The van der Waals surface area contributed by atoms with E-state index in [0.717, 1.165) is 16.7 Å². The summed E-state index contributed by atoms with van der Waals surface area (Å²) in [6.07, 6.45) is 2.35. The summed E-state index contributed by atoms with van der Waals surface area (Å²) < 4.78 is 2.11. The van der Waals surface area contributed by atoms with Crippen LogP contribution in [0.1, 0.15) is 45.4 Å². The second-order valence-electron chi connectivity index (χ2n) is 6.75. The Morgan fingerprint density at radius 1 is 1.23 bits per heavy atom. The smallest absolute Gasteiger partial charge is 0.196 e. The second-order valence-corrected chi connectivity index (χ2v) is 7.69. The Kier molecular flexibility index (Phi) is 4.08. The predicted molar refractivity (Wildman–Crippen MR) is 88.5 cm³/mol. The molecule has 3 rings (SSSR count). The second kappa shape index (κ2) is 5.88. The Bertz CT molecular complexity index is 669. The molecule has 0 saturated heterocycles. The van der Waals surface area contributed by atoms with Crippen LogP contribution in [0.2, 0.25) is 0 Å². The number of para-hydroxylation sites is 1. The van der Waals surface area contributed by atoms with Crippen LogP contribution < -0.4 is 0 Å². The van der Waals surface area contributed by atoms with Gasteiger partial charge in [0.1, 0.15) is 11.6 Å². The molecule has 1 aliphatic carbocycles. The summed E-state index contributed by atoms with van der Waals surface area (Å²) in [5, 5.41) is 9.52. The van der Waals surface area contributed by atoms with Crippen molar-refractivity contribution in [1.29, 1.82) is 0 Å². The van der Waals surface area contributed by atoms with E-state index in [4.69, 9.17) is 0 Å². The van der Waals surface area contributed by atoms with Crippen molar-refractivity contribution >= 4 is 17.5 Å². The summed E-state index contributed by atoms with van der Waals surface area (Å²) in [4.78, 5) is 12.2. The molecule has 1 fully saturated rings. The summed E-state index contributed by atoms with van der Waals surface area (Å²) in [5.74, 6) is 2.20. The van der Waals surface area contributed by atoms with Gasteiger partial charge in [-0.1, -0.05) is 50.7 Å². The zero-order valence-electron chi connectivity index (χ0n) is 13.2. The molecule has 2 aromatic rings. The largest absolute Gasteiger partial charge is 0.298 e. The first-order chi connectivity index (χ1) is 10.5. The van der Waals surface area contributed by atoms with E-state index in [1.165, 1.54) is 24.6 Å². The summed E-state index contributed by atoms with van der Waals surface area (Å²) in [6, 6.07) is 10.2. The number of carbonyl (C=O) groups is 1.